The van der Waals surface area contributed by atoms with E-state index in [2.05, 4.69) is 41.9 Å². The number of hydrogen-bond donors (Lipinski definition) is 1. The smallest absolute Gasteiger partial charge is 0.0458 e. The van der Waals surface area contributed by atoms with Crippen molar-refractivity contribution >= 4 is 21.6 Å². The summed E-state index contributed by atoms with van der Waals surface area (Å²) in [4.78, 5) is 0. The Morgan fingerprint density at radius 2 is 2.08 bits per heavy atom. The Morgan fingerprint density at radius 1 is 1.38 bits per heavy atom. The first-order valence-electron chi connectivity index (χ1n) is 4.63. The van der Waals surface area contributed by atoms with Crippen LogP contribution in [0.15, 0.2) is 22.7 Å². The van der Waals surface area contributed by atoms with Crippen LogP contribution in [0.5, 0.6) is 0 Å². The lowest BCUT2D eigenvalue weighted by Crippen LogP contribution is -1.93. The fourth-order valence-electron chi connectivity index (χ4n) is 1.18. The molecule has 0 atom stereocenters. The molecule has 0 heterocycles. The van der Waals surface area contributed by atoms with Gasteiger partial charge in [0, 0.05) is 10.2 Å². The van der Waals surface area contributed by atoms with Crippen molar-refractivity contribution in [3.63, 3.8) is 0 Å². The van der Waals surface area contributed by atoms with Crippen LogP contribution in [-0.2, 0) is 6.42 Å². The zero-order valence-corrected chi connectivity index (χ0v) is 9.76. The molecule has 0 aliphatic rings. The molecular formula is C11H16BrN. The van der Waals surface area contributed by atoms with Crippen molar-refractivity contribution in [3.05, 3.63) is 28.2 Å². The highest BCUT2D eigenvalue weighted by atomic mass is 79.9. The normalized spacial score (nSPS) is 10.8. The Balaban J connectivity index is 2.63. The van der Waals surface area contributed by atoms with Gasteiger partial charge < -0.3 is 5.73 Å². The van der Waals surface area contributed by atoms with Crippen LogP contribution in [0.4, 0.5) is 5.69 Å². The summed E-state index contributed by atoms with van der Waals surface area (Å²) in [6, 6.07) is 6.17. The summed E-state index contributed by atoms with van der Waals surface area (Å²) in [5, 5.41) is 0. The quantitative estimate of drug-likeness (QED) is 0.805. The molecule has 0 aliphatic carbocycles. The predicted octanol–water partition coefficient (Wildman–Crippen LogP) is 3.62. The minimum atomic E-state index is 0.760. The third-order valence-corrected chi connectivity index (χ3v) is 2.76. The molecule has 0 saturated carbocycles. The van der Waals surface area contributed by atoms with Gasteiger partial charge in [-0.1, -0.05) is 19.9 Å². The molecule has 0 unspecified atom stereocenters. The van der Waals surface area contributed by atoms with Crippen LogP contribution in [0.25, 0.3) is 0 Å². The summed E-state index contributed by atoms with van der Waals surface area (Å²) in [5.41, 5.74) is 7.87. The summed E-state index contributed by atoms with van der Waals surface area (Å²) >= 11 is 3.43. The molecule has 0 amide bonds. The number of anilines is 1. The molecular weight excluding hydrogens is 226 g/mol. The lowest BCUT2D eigenvalue weighted by Gasteiger charge is -2.06. The van der Waals surface area contributed by atoms with Crippen molar-refractivity contribution in [1.82, 2.24) is 0 Å². The Morgan fingerprint density at radius 3 is 2.62 bits per heavy atom. The monoisotopic (exact) mass is 241 g/mol. The average Bonchev–Trinajstić information content (AvgIpc) is 2.07. The Bertz CT molecular complexity index is 281. The summed E-state index contributed by atoms with van der Waals surface area (Å²) in [6.07, 6.45) is 2.37. The molecule has 0 spiro atoms. The van der Waals surface area contributed by atoms with E-state index in [9.17, 15) is 0 Å². The molecule has 1 aromatic rings. The Kier molecular flexibility index (Phi) is 3.79. The number of rotatable bonds is 3. The SMILES string of the molecule is CC(C)CCc1ccc(N)c(Br)c1. The first-order chi connectivity index (χ1) is 6.09. The number of aryl methyl sites for hydroxylation is 1. The largest absolute Gasteiger partial charge is 0.398 e. The molecule has 0 bridgehead atoms. The van der Waals surface area contributed by atoms with Gasteiger partial charge in [-0.15, -0.1) is 0 Å². The number of nitrogen functional groups attached to an aromatic ring is 1. The van der Waals surface area contributed by atoms with Crippen molar-refractivity contribution in [2.24, 2.45) is 5.92 Å². The average molecular weight is 242 g/mol. The summed E-state index contributed by atoms with van der Waals surface area (Å²) in [6.45, 7) is 4.48. The van der Waals surface area contributed by atoms with Crippen LogP contribution in [0.3, 0.4) is 0 Å². The molecule has 2 N–H and O–H groups in total. The van der Waals surface area contributed by atoms with Gasteiger partial charge in [-0.25, -0.2) is 0 Å². The molecule has 72 valence electrons. The van der Waals surface area contributed by atoms with Crippen molar-refractivity contribution in [3.8, 4) is 0 Å². The highest BCUT2D eigenvalue weighted by Crippen LogP contribution is 2.21. The van der Waals surface area contributed by atoms with E-state index in [0.29, 0.717) is 0 Å². The van der Waals surface area contributed by atoms with E-state index < -0.39 is 0 Å². The third-order valence-electron chi connectivity index (χ3n) is 2.08. The minimum absolute atomic E-state index is 0.760. The van der Waals surface area contributed by atoms with Gasteiger partial charge in [0.1, 0.15) is 0 Å². The molecule has 0 fully saturated rings. The van der Waals surface area contributed by atoms with Crippen LogP contribution in [-0.4, -0.2) is 0 Å². The van der Waals surface area contributed by atoms with Crippen molar-refractivity contribution in [2.75, 3.05) is 5.73 Å². The highest BCUT2D eigenvalue weighted by Gasteiger charge is 1.99. The molecule has 2 heteroatoms. The standard InChI is InChI=1S/C11H16BrN/c1-8(2)3-4-9-5-6-11(13)10(12)7-9/h5-8H,3-4,13H2,1-2H3. The van der Waals surface area contributed by atoms with E-state index >= 15 is 0 Å². The van der Waals surface area contributed by atoms with Gasteiger partial charge in [0.05, 0.1) is 0 Å². The van der Waals surface area contributed by atoms with Gasteiger partial charge in [0.25, 0.3) is 0 Å². The number of nitrogens with two attached hydrogens (primary N) is 1. The molecule has 1 rings (SSSR count). The predicted molar refractivity (Wildman–Crippen MR) is 61.7 cm³/mol. The zero-order chi connectivity index (χ0) is 9.84. The number of halogens is 1. The Labute approximate surface area is 88.5 Å². The topological polar surface area (TPSA) is 26.0 Å². The Hall–Kier alpha value is -0.500. The maximum Gasteiger partial charge on any atom is 0.0458 e. The van der Waals surface area contributed by atoms with E-state index in [0.717, 1.165) is 22.5 Å². The lowest BCUT2D eigenvalue weighted by atomic mass is 10.0. The molecule has 0 saturated heterocycles. The highest BCUT2D eigenvalue weighted by molar-refractivity contribution is 9.10. The maximum absolute atomic E-state index is 5.70. The zero-order valence-electron chi connectivity index (χ0n) is 8.18. The van der Waals surface area contributed by atoms with Crippen molar-refractivity contribution in [2.45, 2.75) is 26.7 Å². The first-order valence-corrected chi connectivity index (χ1v) is 5.43. The van der Waals surface area contributed by atoms with E-state index in [1.807, 2.05) is 6.07 Å². The molecule has 0 aromatic heterocycles. The summed E-state index contributed by atoms with van der Waals surface area (Å²) in [7, 11) is 0. The van der Waals surface area contributed by atoms with E-state index in [1.165, 1.54) is 12.0 Å². The van der Waals surface area contributed by atoms with Gasteiger partial charge in [-0.2, -0.15) is 0 Å². The van der Waals surface area contributed by atoms with Crippen LogP contribution < -0.4 is 5.73 Å². The summed E-state index contributed by atoms with van der Waals surface area (Å²) < 4.78 is 1.01. The number of benzene rings is 1. The van der Waals surface area contributed by atoms with Crippen LogP contribution in [0.2, 0.25) is 0 Å². The van der Waals surface area contributed by atoms with Gasteiger partial charge >= 0.3 is 0 Å². The van der Waals surface area contributed by atoms with Crippen molar-refractivity contribution in [1.29, 1.82) is 0 Å². The van der Waals surface area contributed by atoms with Crippen molar-refractivity contribution < 1.29 is 0 Å². The summed E-state index contributed by atoms with van der Waals surface area (Å²) in [5.74, 6) is 0.760. The molecule has 0 aliphatic heterocycles. The second kappa shape index (κ2) is 4.66. The lowest BCUT2D eigenvalue weighted by molar-refractivity contribution is 0.586. The fraction of sp³-hybridized carbons (Fsp3) is 0.455. The van der Waals surface area contributed by atoms with Crippen LogP contribution in [0.1, 0.15) is 25.8 Å². The van der Waals surface area contributed by atoms with Crippen LogP contribution >= 0.6 is 15.9 Å². The van der Waals surface area contributed by atoms with E-state index in [4.69, 9.17) is 5.73 Å². The molecule has 1 aromatic carbocycles. The second-order valence-corrected chi connectivity index (χ2v) is 4.64. The third kappa shape index (κ3) is 3.39. The first kappa shape index (κ1) is 10.6. The van der Waals surface area contributed by atoms with E-state index in [-0.39, 0.29) is 0 Å². The van der Waals surface area contributed by atoms with Gasteiger partial charge in [-0.05, 0) is 52.4 Å². The number of hydrogen-bond acceptors (Lipinski definition) is 1. The molecule has 1 nitrogen and oxygen atoms in total. The van der Waals surface area contributed by atoms with E-state index in [1.54, 1.807) is 0 Å². The van der Waals surface area contributed by atoms with Gasteiger partial charge in [0.15, 0.2) is 0 Å². The fourth-order valence-corrected chi connectivity index (χ4v) is 1.61. The van der Waals surface area contributed by atoms with Gasteiger partial charge in [0.2, 0.25) is 0 Å². The van der Waals surface area contributed by atoms with Crippen LogP contribution in [0, 0.1) is 5.92 Å². The maximum atomic E-state index is 5.70. The molecule has 13 heavy (non-hydrogen) atoms. The molecule has 0 radical (unpaired) electrons. The second-order valence-electron chi connectivity index (χ2n) is 3.79. The minimum Gasteiger partial charge on any atom is -0.398 e. The van der Waals surface area contributed by atoms with Gasteiger partial charge in [-0.3, -0.25) is 0 Å².